The molecule has 21 heavy (non-hydrogen) atoms. The third kappa shape index (κ3) is 3.18. The number of hydrogen-bond donors (Lipinski definition) is 1. The lowest BCUT2D eigenvalue weighted by molar-refractivity contribution is -0.133. The summed E-state index contributed by atoms with van der Waals surface area (Å²) >= 11 is 6.07. The summed E-state index contributed by atoms with van der Waals surface area (Å²) in [7, 11) is 0. The van der Waals surface area contributed by atoms with Crippen LogP contribution in [0.5, 0.6) is 0 Å². The highest BCUT2D eigenvalue weighted by atomic mass is 35.5. The summed E-state index contributed by atoms with van der Waals surface area (Å²) in [6.07, 6.45) is 0.529. The van der Waals surface area contributed by atoms with Crippen molar-refractivity contribution in [2.24, 2.45) is 5.92 Å². The predicted molar refractivity (Wildman–Crippen MR) is 79.7 cm³/mol. The van der Waals surface area contributed by atoms with Crippen molar-refractivity contribution in [2.75, 3.05) is 4.90 Å². The van der Waals surface area contributed by atoms with E-state index in [4.69, 9.17) is 11.6 Å². The molecular weight excluding hydrogens is 295 g/mol. The van der Waals surface area contributed by atoms with Crippen molar-refractivity contribution in [2.45, 2.75) is 39.3 Å². The van der Waals surface area contributed by atoms with Crippen molar-refractivity contribution in [1.82, 2.24) is 5.32 Å². The Balaban J connectivity index is 2.41. The van der Waals surface area contributed by atoms with Crippen molar-refractivity contribution in [3.63, 3.8) is 0 Å². The summed E-state index contributed by atoms with van der Waals surface area (Å²) in [6, 6.07) is 2.46. The minimum atomic E-state index is -0.722. The molecule has 0 spiro atoms. The molecule has 1 heterocycles. The molecule has 1 aromatic carbocycles. The summed E-state index contributed by atoms with van der Waals surface area (Å²) in [6.45, 7) is 5.54. The van der Waals surface area contributed by atoms with Gasteiger partial charge < -0.3 is 5.32 Å². The first kappa shape index (κ1) is 15.8. The quantitative estimate of drug-likeness (QED) is 0.933. The summed E-state index contributed by atoms with van der Waals surface area (Å²) in [5, 5.41) is 2.96. The summed E-state index contributed by atoms with van der Waals surface area (Å²) < 4.78 is 13.5. The molecule has 0 bridgehead atoms. The molecule has 1 N–H and O–H groups in total. The Morgan fingerprint density at radius 2 is 2.05 bits per heavy atom. The fourth-order valence-corrected chi connectivity index (χ4v) is 2.67. The topological polar surface area (TPSA) is 49.4 Å². The van der Waals surface area contributed by atoms with Crippen molar-refractivity contribution in [1.29, 1.82) is 0 Å². The molecule has 0 saturated carbocycles. The Kier molecular flexibility index (Phi) is 4.52. The summed E-state index contributed by atoms with van der Waals surface area (Å²) in [4.78, 5) is 26.0. The Morgan fingerprint density at radius 1 is 1.38 bits per heavy atom. The van der Waals surface area contributed by atoms with Crippen LogP contribution in [0, 0.1) is 11.7 Å². The van der Waals surface area contributed by atoms with E-state index in [1.165, 1.54) is 23.1 Å². The van der Waals surface area contributed by atoms with Crippen LogP contribution in [0.15, 0.2) is 18.2 Å². The van der Waals surface area contributed by atoms with E-state index in [9.17, 15) is 14.0 Å². The van der Waals surface area contributed by atoms with E-state index < -0.39 is 17.9 Å². The van der Waals surface area contributed by atoms with Crippen molar-refractivity contribution in [3.8, 4) is 0 Å². The van der Waals surface area contributed by atoms with Gasteiger partial charge >= 0.3 is 0 Å². The van der Waals surface area contributed by atoms with Crippen molar-refractivity contribution in [3.05, 3.63) is 29.0 Å². The van der Waals surface area contributed by atoms with Crippen LogP contribution in [0.1, 0.15) is 27.2 Å². The van der Waals surface area contributed by atoms with Crippen molar-refractivity contribution >= 4 is 29.1 Å². The van der Waals surface area contributed by atoms with Gasteiger partial charge in [0.05, 0.1) is 10.7 Å². The number of amides is 2. The predicted octanol–water partition coefficient (Wildman–Crippen LogP) is 2.75. The van der Waals surface area contributed by atoms with Crippen molar-refractivity contribution < 1.29 is 14.0 Å². The molecule has 2 rings (SSSR count). The molecule has 1 saturated heterocycles. The molecule has 0 aromatic heterocycles. The van der Waals surface area contributed by atoms with Gasteiger partial charge in [0, 0.05) is 0 Å². The number of carbonyl (C=O) groups is 2. The van der Waals surface area contributed by atoms with Gasteiger partial charge in [0.2, 0.25) is 11.8 Å². The van der Waals surface area contributed by atoms with Crippen LogP contribution >= 0.6 is 11.6 Å². The fourth-order valence-electron chi connectivity index (χ4n) is 2.46. The lowest BCUT2D eigenvalue weighted by Gasteiger charge is -2.38. The molecule has 1 aromatic rings. The van der Waals surface area contributed by atoms with Gasteiger partial charge in [0.25, 0.3) is 0 Å². The number of carbonyl (C=O) groups excluding carboxylic acids is 2. The number of rotatable bonds is 3. The lowest BCUT2D eigenvalue weighted by Crippen LogP contribution is -2.63. The maximum absolute atomic E-state index is 13.5. The highest BCUT2D eigenvalue weighted by molar-refractivity contribution is 6.34. The Bertz CT molecular complexity index is 577. The third-order valence-electron chi connectivity index (χ3n) is 3.49. The number of piperazine rings is 1. The monoisotopic (exact) mass is 312 g/mol. The summed E-state index contributed by atoms with van der Waals surface area (Å²) in [5.41, 5.74) is 0.234. The maximum atomic E-state index is 13.5. The van der Waals surface area contributed by atoms with E-state index in [2.05, 4.69) is 5.32 Å². The summed E-state index contributed by atoms with van der Waals surface area (Å²) in [5.74, 6) is -0.776. The van der Waals surface area contributed by atoms with E-state index in [0.29, 0.717) is 6.42 Å². The second-order valence-electron chi connectivity index (χ2n) is 5.67. The number of benzene rings is 1. The van der Waals surface area contributed by atoms with E-state index in [1.807, 2.05) is 13.8 Å². The van der Waals surface area contributed by atoms with Crippen LogP contribution in [0.25, 0.3) is 0 Å². The molecule has 2 atom stereocenters. The van der Waals surface area contributed by atoms with Crippen LogP contribution < -0.4 is 10.2 Å². The molecule has 1 aliphatic heterocycles. The van der Waals surface area contributed by atoms with Gasteiger partial charge in [-0.25, -0.2) is 4.39 Å². The van der Waals surface area contributed by atoms with E-state index in [-0.39, 0.29) is 28.4 Å². The molecule has 4 nitrogen and oxygen atoms in total. The first-order valence-electron chi connectivity index (χ1n) is 6.89. The first-order valence-corrected chi connectivity index (χ1v) is 7.27. The van der Waals surface area contributed by atoms with Gasteiger partial charge in [0.1, 0.15) is 17.9 Å². The molecule has 6 heteroatoms. The zero-order valence-electron chi connectivity index (χ0n) is 12.2. The number of anilines is 1. The average molecular weight is 313 g/mol. The minimum absolute atomic E-state index is 0.234. The van der Waals surface area contributed by atoms with Gasteiger partial charge in [-0.05, 0) is 37.5 Å². The van der Waals surface area contributed by atoms with Gasteiger partial charge in [-0.2, -0.15) is 0 Å². The maximum Gasteiger partial charge on any atom is 0.250 e. The largest absolute Gasteiger partial charge is 0.342 e. The standard InChI is InChI=1S/C15H18ClFN2O2/c1-8(2)6-12-15(21)19(9(3)14(20)18-12)13-7-10(17)4-5-11(13)16/h4-5,7-9,12H,6H2,1-3H3,(H,18,20). The molecule has 0 radical (unpaired) electrons. The van der Waals surface area contributed by atoms with E-state index in [1.54, 1.807) is 6.92 Å². The Morgan fingerprint density at radius 3 is 2.67 bits per heavy atom. The molecule has 1 fully saturated rings. The van der Waals surface area contributed by atoms with Crippen LogP contribution in [0.2, 0.25) is 5.02 Å². The van der Waals surface area contributed by atoms with Crippen LogP contribution in [0.3, 0.4) is 0 Å². The minimum Gasteiger partial charge on any atom is -0.342 e. The number of hydrogen-bond acceptors (Lipinski definition) is 2. The van der Waals surface area contributed by atoms with Crippen LogP contribution in [-0.2, 0) is 9.59 Å². The molecular formula is C15H18ClFN2O2. The first-order chi connectivity index (χ1) is 9.81. The lowest BCUT2D eigenvalue weighted by atomic mass is 9.98. The normalized spacial score (nSPS) is 22.7. The van der Waals surface area contributed by atoms with E-state index >= 15 is 0 Å². The van der Waals surface area contributed by atoms with Crippen LogP contribution in [-0.4, -0.2) is 23.9 Å². The average Bonchev–Trinajstić information content (AvgIpc) is 2.39. The highest BCUT2D eigenvalue weighted by Gasteiger charge is 2.39. The molecule has 1 aliphatic rings. The third-order valence-corrected chi connectivity index (χ3v) is 3.81. The van der Waals surface area contributed by atoms with Gasteiger partial charge in [-0.15, -0.1) is 0 Å². The van der Waals surface area contributed by atoms with Gasteiger partial charge in [-0.3, -0.25) is 14.5 Å². The SMILES string of the molecule is CC(C)CC1NC(=O)C(C)N(c2cc(F)ccc2Cl)C1=O. The zero-order valence-corrected chi connectivity index (χ0v) is 12.9. The van der Waals surface area contributed by atoms with Crippen LogP contribution in [0.4, 0.5) is 10.1 Å². The number of nitrogens with zero attached hydrogens (tertiary/aromatic N) is 1. The second-order valence-corrected chi connectivity index (χ2v) is 6.08. The number of nitrogens with one attached hydrogen (secondary N) is 1. The van der Waals surface area contributed by atoms with Gasteiger partial charge in [0.15, 0.2) is 0 Å². The molecule has 2 unspecified atom stereocenters. The van der Waals surface area contributed by atoms with E-state index in [0.717, 1.165) is 0 Å². The molecule has 114 valence electrons. The Labute approximate surface area is 128 Å². The zero-order chi connectivity index (χ0) is 15.7. The fraction of sp³-hybridized carbons (Fsp3) is 0.467. The highest BCUT2D eigenvalue weighted by Crippen LogP contribution is 2.31. The Hall–Kier alpha value is -1.62. The smallest absolute Gasteiger partial charge is 0.250 e. The van der Waals surface area contributed by atoms with Gasteiger partial charge in [-0.1, -0.05) is 25.4 Å². The number of halogens is 2. The second kappa shape index (κ2) is 6.02. The molecule has 2 amide bonds. The molecule has 0 aliphatic carbocycles.